The summed E-state index contributed by atoms with van der Waals surface area (Å²) in [6.45, 7) is 4.13. The third kappa shape index (κ3) is 3.34. The Hall–Kier alpha value is -2.34. The summed E-state index contributed by atoms with van der Waals surface area (Å²) in [6, 6.07) is 8.08. The van der Waals surface area contributed by atoms with E-state index in [2.05, 4.69) is 22.2 Å². The number of ketones is 1. The molecule has 6 heteroatoms. The summed E-state index contributed by atoms with van der Waals surface area (Å²) < 4.78 is 0. The number of aromatic nitrogens is 2. The second kappa shape index (κ2) is 7.35. The lowest BCUT2D eigenvalue weighted by atomic mass is 9.76. The zero-order chi connectivity index (χ0) is 19.0. The Morgan fingerprint density at radius 1 is 1.19 bits per heavy atom. The van der Waals surface area contributed by atoms with Gasteiger partial charge in [-0.05, 0) is 31.7 Å². The topological polar surface area (TPSA) is 74.8 Å². The van der Waals surface area contributed by atoms with Crippen LogP contribution >= 0.6 is 11.8 Å². The van der Waals surface area contributed by atoms with Crippen LogP contribution in [0.5, 0.6) is 0 Å². The first-order valence-corrected chi connectivity index (χ1v) is 10.4. The van der Waals surface area contributed by atoms with E-state index in [0.717, 1.165) is 47.4 Å². The van der Waals surface area contributed by atoms with Crippen LogP contribution in [0.15, 0.2) is 45.5 Å². The minimum absolute atomic E-state index is 0.129. The van der Waals surface area contributed by atoms with E-state index >= 15 is 0 Å². The van der Waals surface area contributed by atoms with Crippen molar-refractivity contribution >= 4 is 23.4 Å². The molecular formula is C21H23N3O2S. The van der Waals surface area contributed by atoms with E-state index in [1.807, 2.05) is 31.2 Å². The second-order valence-electron chi connectivity index (χ2n) is 7.12. The van der Waals surface area contributed by atoms with Crippen LogP contribution in [-0.2, 0) is 4.79 Å². The molecule has 2 N–H and O–H groups in total. The Balaban J connectivity index is 1.89. The number of H-pyrrole nitrogens is 1. The summed E-state index contributed by atoms with van der Waals surface area (Å²) in [5.41, 5.74) is 4.16. The highest BCUT2D eigenvalue weighted by atomic mass is 32.2. The number of allylic oxidation sites excluding steroid dienone is 2. The van der Waals surface area contributed by atoms with Gasteiger partial charge >= 0.3 is 0 Å². The molecule has 2 heterocycles. The molecule has 1 aromatic carbocycles. The monoisotopic (exact) mass is 381 g/mol. The number of carbonyl (C=O) groups excluding carboxylic acids is 1. The van der Waals surface area contributed by atoms with Crippen molar-refractivity contribution < 1.29 is 4.79 Å². The highest BCUT2D eigenvalue weighted by Gasteiger charge is 2.37. The summed E-state index contributed by atoms with van der Waals surface area (Å²) in [5, 5.41) is 3.94. The molecule has 27 heavy (non-hydrogen) atoms. The van der Waals surface area contributed by atoms with Gasteiger partial charge in [-0.3, -0.25) is 9.59 Å². The van der Waals surface area contributed by atoms with Gasteiger partial charge < -0.3 is 10.3 Å². The number of carbonyl (C=O) groups is 1. The average Bonchev–Trinajstić information content (AvgIpc) is 2.65. The van der Waals surface area contributed by atoms with Crippen LogP contribution in [0.2, 0.25) is 0 Å². The summed E-state index contributed by atoms with van der Waals surface area (Å²) in [7, 11) is 0. The highest BCUT2D eigenvalue weighted by Crippen LogP contribution is 2.43. The second-order valence-corrected chi connectivity index (χ2v) is 8.20. The summed E-state index contributed by atoms with van der Waals surface area (Å²) in [5.74, 6) is 1.27. The van der Waals surface area contributed by atoms with Gasteiger partial charge in [-0.15, -0.1) is 0 Å². The molecule has 2 aliphatic rings. The maximum atomic E-state index is 13.0. The molecule has 140 valence electrons. The number of aromatic amines is 1. The Morgan fingerprint density at radius 3 is 2.70 bits per heavy atom. The molecule has 1 atom stereocenters. The van der Waals surface area contributed by atoms with Crippen LogP contribution in [0.25, 0.3) is 0 Å². The van der Waals surface area contributed by atoms with Gasteiger partial charge in [-0.2, -0.15) is 0 Å². The Morgan fingerprint density at radius 2 is 1.96 bits per heavy atom. The first-order chi connectivity index (χ1) is 13.1. The van der Waals surface area contributed by atoms with Crippen molar-refractivity contribution in [2.24, 2.45) is 0 Å². The van der Waals surface area contributed by atoms with E-state index in [1.165, 1.54) is 0 Å². The molecule has 0 amide bonds. The number of rotatable bonds is 4. The van der Waals surface area contributed by atoms with Crippen LogP contribution < -0.4 is 10.9 Å². The molecule has 1 aliphatic carbocycles. The van der Waals surface area contributed by atoms with Crippen molar-refractivity contribution in [3.05, 3.63) is 62.6 Å². The third-order valence-corrected chi connectivity index (χ3v) is 6.17. The fraction of sp³-hybridized carbons (Fsp3) is 0.381. The van der Waals surface area contributed by atoms with E-state index in [1.54, 1.807) is 11.8 Å². The molecule has 0 saturated heterocycles. The summed E-state index contributed by atoms with van der Waals surface area (Å²) in [4.78, 5) is 33.4. The smallest absolute Gasteiger partial charge is 0.257 e. The average molecular weight is 382 g/mol. The summed E-state index contributed by atoms with van der Waals surface area (Å²) in [6.07, 6.45) is 3.19. The van der Waals surface area contributed by atoms with Gasteiger partial charge in [0.15, 0.2) is 10.9 Å². The number of anilines is 1. The number of aryl methyl sites for hydroxylation is 1. The van der Waals surface area contributed by atoms with Crippen LogP contribution in [0.4, 0.5) is 5.82 Å². The lowest BCUT2D eigenvalue weighted by Gasteiger charge is -2.32. The van der Waals surface area contributed by atoms with Gasteiger partial charge in [-0.25, -0.2) is 4.98 Å². The van der Waals surface area contributed by atoms with Crippen molar-refractivity contribution in [1.29, 1.82) is 0 Å². The van der Waals surface area contributed by atoms with Crippen molar-refractivity contribution in [2.75, 3.05) is 11.1 Å². The van der Waals surface area contributed by atoms with E-state index in [4.69, 9.17) is 0 Å². The molecule has 0 fully saturated rings. The Labute approximate surface area is 162 Å². The predicted octanol–water partition coefficient (Wildman–Crippen LogP) is 4.14. The zero-order valence-corrected chi connectivity index (χ0v) is 16.4. The molecule has 4 rings (SSSR count). The normalized spacial score (nSPS) is 18.7. The third-order valence-electron chi connectivity index (χ3n) is 5.09. The highest BCUT2D eigenvalue weighted by molar-refractivity contribution is 7.99. The maximum absolute atomic E-state index is 13.0. The van der Waals surface area contributed by atoms with E-state index in [9.17, 15) is 9.59 Å². The minimum atomic E-state index is -0.355. The predicted molar refractivity (Wildman–Crippen MR) is 108 cm³/mol. The van der Waals surface area contributed by atoms with Gasteiger partial charge in [-0.1, -0.05) is 48.5 Å². The number of Topliss-reactive ketones (excluding diaryl/α,β-unsaturated/α-hetero) is 1. The van der Waals surface area contributed by atoms with Gasteiger partial charge in [0.25, 0.3) is 5.56 Å². The van der Waals surface area contributed by atoms with Gasteiger partial charge in [0.2, 0.25) is 0 Å². The van der Waals surface area contributed by atoms with Gasteiger partial charge in [0.1, 0.15) is 5.82 Å². The van der Waals surface area contributed by atoms with Crippen molar-refractivity contribution in [1.82, 2.24) is 9.97 Å². The molecule has 1 aromatic heterocycles. The number of thioether (sulfide) groups is 1. The Kier molecular flexibility index (Phi) is 4.91. The standard InChI is InChI=1S/C21H23N3O2S/c1-3-11-27-21-23-19-18(20(26)24-21)16(13-9-7-12(2)8-10-13)17-14(22-19)5-4-6-15(17)25/h7-10,16H,3-6,11H2,1-2H3,(H2,22,23,24,26). The van der Waals surface area contributed by atoms with Crippen molar-refractivity contribution in [3.63, 3.8) is 0 Å². The van der Waals surface area contributed by atoms with Crippen molar-refractivity contribution in [3.8, 4) is 0 Å². The van der Waals surface area contributed by atoms with Gasteiger partial charge in [0.05, 0.1) is 5.56 Å². The molecule has 1 unspecified atom stereocenters. The molecule has 0 bridgehead atoms. The quantitative estimate of drug-likeness (QED) is 0.615. The first-order valence-electron chi connectivity index (χ1n) is 9.45. The molecule has 0 saturated carbocycles. The largest absolute Gasteiger partial charge is 0.343 e. The molecule has 0 radical (unpaired) electrons. The Bertz CT molecular complexity index is 976. The SMILES string of the molecule is CCCSc1nc2c(c(=O)[nH]1)C(c1ccc(C)cc1)C1=C(CCCC1=O)N2. The van der Waals surface area contributed by atoms with E-state index < -0.39 is 0 Å². The van der Waals surface area contributed by atoms with Crippen molar-refractivity contribution in [2.45, 2.75) is 50.6 Å². The zero-order valence-electron chi connectivity index (χ0n) is 15.6. The molecule has 2 aromatic rings. The van der Waals surface area contributed by atoms with Crippen LogP contribution in [-0.4, -0.2) is 21.5 Å². The van der Waals surface area contributed by atoms with Crippen LogP contribution in [0.3, 0.4) is 0 Å². The van der Waals surface area contributed by atoms with E-state index in [0.29, 0.717) is 23.0 Å². The van der Waals surface area contributed by atoms with E-state index in [-0.39, 0.29) is 17.3 Å². The van der Waals surface area contributed by atoms with Crippen LogP contribution in [0.1, 0.15) is 55.2 Å². The minimum Gasteiger partial charge on any atom is -0.343 e. The first kappa shape index (κ1) is 18.0. The van der Waals surface area contributed by atoms with Crippen LogP contribution in [0, 0.1) is 6.92 Å². The van der Waals surface area contributed by atoms with Gasteiger partial charge in [0, 0.05) is 29.4 Å². The number of fused-ring (bicyclic) bond motifs is 1. The lowest BCUT2D eigenvalue weighted by Crippen LogP contribution is -2.32. The number of hydrogen-bond acceptors (Lipinski definition) is 5. The maximum Gasteiger partial charge on any atom is 0.257 e. The molecule has 0 spiro atoms. The lowest BCUT2D eigenvalue weighted by molar-refractivity contribution is -0.116. The number of hydrogen-bond donors (Lipinski definition) is 2. The molecular weight excluding hydrogens is 358 g/mol. The summed E-state index contributed by atoms with van der Waals surface area (Å²) >= 11 is 1.55. The molecule has 1 aliphatic heterocycles. The fourth-order valence-corrected chi connectivity index (χ4v) is 4.52. The number of nitrogens with zero attached hydrogens (tertiary/aromatic N) is 1. The number of benzene rings is 1. The number of nitrogens with one attached hydrogen (secondary N) is 2. The fourth-order valence-electron chi connectivity index (χ4n) is 3.80. The molecule has 5 nitrogen and oxygen atoms in total.